The van der Waals surface area contributed by atoms with Crippen LogP contribution in [0.5, 0.6) is 11.5 Å². The van der Waals surface area contributed by atoms with E-state index < -0.39 is 0 Å². The molecule has 0 radical (unpaired) electrons. The largest absolute Gasteiger partial charge is 0.493 e. The summed E-state index contributed by atoms with van der Waals surface area (Å²) in [5.41, 5.74) is 0.779. The summed E-state index contributed by atoms with van der Waals surface area (Å²) in [6.07, 6.45) is 4.64. The van der Waals surface area contributed by atoms with Crippen LogP contribution in [-0.4, -0.2) is 38.6 Å². The maximum absolute atomic E-state index is 11.6. The standard InChI is InChI=1S/C17H22N2O4/c1-4-10-23-14-8-6-13(11-15(14)22-3)7-9-16(20)19-12-17(21)18-5-2/h4,6-9,11H,1,5,10,12H2,2-3H3,(H,18,21)(H,19,20)/b9-7+. The summed E-state index contributed by atoms with van der Waals surface area (Å²) >= 11 is 0. The van der Waals surface area contributed by atoms with Gasteiger partial charge < -0.3 is 20.1 Å². The van der Waals surface area contributed by atoms with Gasteiger partial charge in [-0.3, -0.25) is 9.59 Å². The SMILES string of the molecule is C=CCOc1ccc(/C=C/C(=O)NCC(=O)NCC)cc1OC. The van der Waals surface area contributed by atoms with Crippen LogP contribution in [0.1, 0.15) is 12.5 Å². The first-order chi connectivity index (χ1) is 11.1. The molecule has 0 saturated heterocycles. The Morgan fingerprint density at radius 2 is 2.04 bits per heavy atom. The molecule has 1 rings (SSSR count). The molecule has 0 saturated carbocycles. The van der Waals surface area contributed by atoms with Crippen molar-refractivity contribution in [3.8, 4) is 11.5 Å². The predicted octanol–water partition coefficient (Wildman–Crippen LogP) is 1.53. The summed E-state index contributed by atoms with van der Waals surface area (Å²) in [5, 5.41) is 5.10. The number of rotatable bonds is 9. The fourth-order valence-electron chi connectivity index (χ4n) is 1.71. The highest BCUT2D eigenvalue weighted by atomic mass is 16.5. The molecule has 0 fully saturated rings. The average molecular weight is 318 g/mol. The van der Waals surface area contributed by atoms with Crippen LogP contribution >= 0.6 is 0 Å². The van der Waals surface area contributed by atoms with Crippen molar-refractivity contribution in [1.29, 1.82) is 0 Å². The molecule has 1 aromatic carbocycles. The maximum Gasteiger partial charge on any atom is 0.244 e. The Morgan fingerprint density at radius 3 is 2.70 bits per heavy atom. The van der Waals surface area contributed by atoms with Crippen molar-refractivity contribution in [2.45, 2.75) is 6.92 Å². The monoisotopic (exact) mass is 318 g/mol. The zero-order valence-corrected chi connectivity index (χ0v) is 13.4. The minimum Gasteiger partial charge on any atom is -0.493 e. The fourth-order valence-corrected chi connectivity index (χ4v) is 1.71. The van der Waals surface area contributed by atoms with Crippen molar-refractivity contribution in [2.24, 2.45) is 0 Å². The van der Waals surface area contributed by atoms with E-state index in [-0.39, 0.29) is 18.4 Å². The third-order valence-electron chi connectivity index (χ3n) is 2.77. The van der Waals surface area contributed by atoms with Crippen molar-refractivity contribution in [3.05, 3.63) is 42.5 Å². The lowest BCUT2D eigenvalue weighted by atomic mass is 10.2. The van der Waals surface area contributed by atoms with E-state index in [9.17, 15) is 9.59 Å². The zero-order valence-electron chi connectivity index (χ0n) is 13.4. The molecule has 0 aromatic heterocycles. The normalized spacial score (nSPS) is 10.2. The Bertz CT molecular complexity index is 582. The van der Waals surface area contributed by atoms with E-state index >= 15 is 0 Å². The van der Waals surface area contributed by atoms with Gasteiger partial charge in [0.2, 0.25) is 11.8 Å². The topological polar surface area (TPSA) is 76.7 Å². The Morgan fingerprint density at radius 1 is 1.26 bits per heavy atom. The third-order valence-corrected chi connectivity index (χ3v) is 2.77. The summed E-state index contributed by atoms with van der Waals surface area (Å²) in [7, 11) is 1.54. The number of amides is 2. The van der Waals surface area contributed by atoms with Gasteiger partial charge in [-0.1, -0.05) is 18.7 Å². The predicted molar refractivity (Wildman–Crippen MR) is 89.4 cm³/mol. The van der Waals surface area contributed by atoms with Gasteiger partial charge in [0.05, 0.1) is 13.7 Å². The van der Waals surface area contributed by atoms with Gasteiger partial charge >= 0.3 is 0 Å². The second kappa shape index (κ2) is 10.0. The summed E-state index contributed by atoms with van der Waals surface area (Å²) in [6, 6.07) is 5.31. The molecule has 6 nitrogen and oxygen atoms in total. The zero-order chi connectivity index (χ0) is 17.1. The van der Waals surface area contributed by atoms with Crippen molar-refractivity contribution < 1.29 is 19.1 Å². The minimum absolute atomic E-state index is 0.0470. The van der Waals surface area contributed by atoms with Crippen LogP contribution in [-0.2, 0) is 9.59 Å². The molecule has 0 aliphatic carbocycles. The number of nitrogens with one attached hydrogen (secondary N) is 2. The van der Waals surface area contributed by atoms with Crippen molar-refractivity contribution in [1.82, 2.24) is 10.6 Å². The first kappa shape index (κ1) is 18.3. The number of methoxy groups -OCH3 is 1. The summed E-state index contributed by atoms with van der Waals surface area (Å²) in [6.45, 7) is 6.27. The Labute approximate surface area is 136 Å². The number of hydrogen-bond acceptors (Lipinski definition) is 4. The molecule has 0 aliphatic rings. The van der Waals surface area contributed by atoms with Crippen LogP contribution in [0.15, 0.2) is 36.9 Å². The molecule has 0 aliphatic heterocycles. The molecular formula is C17H22N2O4. The molecule has 0 bridgehead atoms. The molecule has 2 N–H and O–H groups in total. The minimum atomic E-state index is -0.345. The highest BCUT2D eigenvalue weighted by Gasteiger charge is 2.05. The van der Waals surface area contributed by atoms with Crippen molar-refractivity contribution >= 4 is 17.9 Å². The second-order valence-electron chi connectivity index (χ2n) is 4.51. The Hall–Kier alpha value is -2.76. The van der Waals surface area contributed by atoms with E-state index in [0.29, 0.717) is 24.7 Å². The Kier molecular flexibility index (Phi) is 7.99. The van der Waals surface area contributed by atoms with Gasteiger partial charge in [-0.2, -0.15) is 0 Å². The molecule has 0 unspecified atom stereocenters. The molecule has 6 heteroatoms. The lowest BCUT2D eigenvalue weighted by Gasteiger charge is -2.09. The van der Waals surface area contributed by atoms with Gasteiger partial charge in [-0.15, -0.1) is 0 Å². The maximum atomic E-state index is 11.6. The van der Waals surface area contributed by atoms with Gasteiger partial charge in [-0.05, 0) is 30.7 Å². The molecule has 0 heterocycles. The molecule has 23 heavy (non-hydrogen) atoms. The quantitative estimate of drug-likeness (QED) is 0.535. The fraction of sp³-hybridized carbons (Fsp3) is 0.294. The van der Waals surface area contributed by atoms with Gasteiger partial charge in [-0.25, -0.2) is 0 Å². The summed E-state index contributed by atoms with van der Waals surface area (Å²) in [5.74, 6) is 0.601. The number of ether oxygens (including phenoxy) is 2. The molecule has 0 spiro atoms. The van der Waals surface area contributed by atoms with Gasteiger partial charge in [0.25, 0.3) is 0 Å². The lowest BCUT2D eigenvalue weighted by Crippen LogP contribution is -2.35. The second-order valence-corrected chi connectivity index (χ2v) is 4.51. The molecular weight excluding hydrogens is 296 g/mol. The van der Waals surface area contributed by atoms with Crippen LogP contribution in [0.25, 0.3) is 6.08 Å². The van der Waals surface area contributed by atoms with Crippen LogP contribution in [0.4, 0.5) is 0 Å². The first-order valence-corrected chi connectivity index (χ1v) is 7.25. The van der Waals surface area contributed by atoms with Gasteiger partial charge in [0.15, 0.2) is 11.5 Å². The highest BCUT2D eigenvalue weighted by Crippen LogP contribution is 2.28. The number of likely N-dealkylation sites (N-methyl/N-ethyl adjacent to an activating group) is 1. The third kappa shape index (κ3) is 6.69. The van der Waals surface area contributed by atoms with Crippen LogP contribution in [0.3, 0.4) is 0 Å². The van der Waals surface area contributed by atoms with Crippen LogP contribution < -0.4 is 20.1 Å². The lowest BCUT2D eigenvalue weighted by molar-refractivity contribution is -0.123. The van der Waals surface area contributed by atoms with E-state index in [1.165, 1.54) is 6.08 Å². The average Bonchev–Trinajstić information content (AvgIpc) is 2.56. The van der Waals surface area contributed by atoms with Crippen molar-refractivity contribution in [3.63, 3.8) is 0 Å². The molecule has 2 amide bonds. The number of hydrogen-bond donors (Lipinski definition) is 2. The van der Waals surface area contributed by atoms with E-state index in [0.717, 1.165) is 5.56 Å². The van der Waals surface area contributed by atoms with E-state index in [4.69, 9.17) is 9.47 Å². The van der Waals surface area contributed by atoms with E-state index in [1.54, 1.807) is 37.5 Å². The van der Waals surface area contributed by atoms with Gasteiger partial charge in [0, 0.05) is 12.6 Å². The first-order valence-electron chi connectivity index (χ1n) is 7.25. The van der Waals surface area contributed by atoms with Crippen LogP contribution in [0, 0.1) is 0 Å². The van der Waals surface area contributed by atoms with E-state index in [2.05, 4.69) is 17.2 Å². The smallest absolute Gasteiger partial charge is 0.244 e. The van der Waals surface area contributed by atoms with E-state index in [1.807, 2.05) is 6.92 Å². The number of carbonyl (C=O) groups is 2. The summed E-state index contributed by atoms with van der Waals surface area (Å²) in [4.78, 5) is 22.9. The Balaban J connectivity index is 2.63. The molecule has 124 valence electrons. The number of benzene rings is 1. The van der Waals surface area contributed by atoms with Crippen molar-refractivity contribution in [2.75, 3.05) is 26.8 Å². The van der Waals surface area contributed by atoms with Gasteiger partial charge in [0.1, 0.15) is 6.61 Å². The molecule has 1 aromatic rings. The summed E-state index contributed by atoms with van der Waals surface area (Å²) < 4.78 is 10.7. The highest BCUT2D eigenvalue weighted by molar-refractivity contribution is 5.94. The number of carbonyl (C=O) groups excluding carboxylic acids is 2. The van der Waals surface area contributed by atoms with Crippen LogP contribution in [0.2, 0.25) is 0 Å². The molecule has 0 atom stereocenters.